The van der Waals surface area contributed by atoms with Gasteiger partial charge in [0.25, 0.3) is 5.56 Å². The number of ether oxygens (including phenoxy) is 2. The molecule has 1 aromatic heterocycles. The van der Waals surface area contributed by atoms with E-state index in [4.69, 9.17) is 14.5 Å². The summed E-state index contributed by atoms with van der Waals surface area (Å²) in [7, 11) is 3.16. The predicted octanol–water partition coefficient (Wildman–Crippen LogP) is 4.94. The van der Waals surface area contributed by atoms with Gasteiger partial charge in [0, 0.05) is 25.4 Å². The summed E-state index contributed by atoms with van der Waals surface area (Å²) >= 11 is 0. The van der Waals surface area contributed by atoms with Crippen molar-refractivity contribution in [2.75, 3.05) is 32.7 Å². The second-order valence-corrected chi connectivity index (χ2v) is 8.49. The highest BCUT2D eigenvalue weighted by molar-refractivity contribution is 5.90. The monoisotopic (exact) mass is 486 g/mol. The molecular weight excluding hydrogens is 456 g/mol. The molecule has 0 aliphatic heterocycles. The molecule has 0 spiro atoms. The summed E-state index contributed by atoms with van der Waals surface area (Å²) in [5.74, 6) is 1.09. The average molecular weight is 487 g/mol. The van der Waals surface area contributed by atoms with Crippen molar-refractivity contribution in [1.82, 2.24) is 14.5 Å². The molecule has 0 fully saturated rings. The topological polar surface area (TPSA) is 85.7 Å². The van der Waals surface area contributed by atoms with E-state index in [0.717, 1.165) is 5.56 Å². The fourth-order valence-electron chi connectivity index (χ4n) is 4.07. The van der Waals surface area contributed by atoms with Gasteiger partial charge in [0.15, 0.2) is 0 Å². The van der Waals surface area contributed by atoms with E-state index < -0.39 is 6.04 Å². The first-order chi connectivity index (χ1) is 17.4. The Bertz CT molecular complexity index is 1420. The van der Waals surface area contributed by atoms with Crippen LogP contribution in [0, 0.1) is 6.92 Å². The average Bonchev–Trinajstić information content (AvgIpc) is 2.89. The second kappa shape index (κ2) is 11.0. The van der Waals surface area contributed by atoms with Crippen LogP contribution in [0.4, 0.5) is 10.5 Å². The summed E-state index contributed by atoms with van der Waals surface area (Å²) in [6, 6.07) is 21.2. The van der Waals surface area contributed by atoms with Gasteiger partial charge in [0.1, 0.15) is 11.6 Å². The standard InChI is InChI=1S/C28H30N4O4/c1-19-12-14-22(15-13-19)32-26(30-25-11-6-5-10-24(25)27(32)33)20(2)31(16-17-35-3)28(34)29-21-8-7-9-23(18-21)36-4/h5-15,18,20H,16-17H2,1-4H3,(H,29,34). The number of carbonyl (C=O) groups excluding carboxylic acids is 1. The summed E-state index contributed by atoms with van der Waals surface area (Å²) in [5.41, 5.74) is 2.75. The third-order valence-electron chi connectivity index (χ3n) is 6.05. The number of methoxy groups -OCH3 is 2. The molecule has 2 amide bonds. The highest BCUT2D eigenvalue weighted by atomic mass is 16.5. The lowest BCUT2D eigenvalue weighted by Gasteiger charge is -2.30. The number of aryl methyl sites for hydroxylation is 1. The highest BCUT2D eigenvalue weighted by Gasteiger charge is 2.27. The van der Waals surface area contributed by atoms with Gasteiger partial charge in [0.2, 0.25) is 0 Å². The number of urea groups is 1. The molecule has 0 aliphatic carbocycles. The molecule has 3 aromatic carbocycles. The summed E-state index contributed by atoms with van der Waals surface area (Å²) in [5, 5.41) is 3.44. The first-order valence-electron chi connectivity index (χ1n) is 11.7. The largest absolute Gasteiger partial charge is 0.497 e. The maximum atomic E-state index is 13.7. The molecule has 0 bridgehead atoms. The number of fused-ring (bicyclic) bond motifs is 1. The van der Waals surface area contributed by atoms with Crippen molar-refractivity contribution in [1.29, 1.82) is 0 Å². The molecule has 0 saturated carbocycles. The van der Waals surface area contributed by atoms with Crippen molar-refractivity contribution >= 4 is 22.6 Å². The van der Waals surface area contributed by atoms with Crippen LogP contribution in [0.1, 0.15) is 24.4 Å². The molecule has 0 radical (unpaired) electrons. The normalized spacial score (nSPS) is 11.8. The Kier molecular flexibility index (Phi) is 7.65. The molecule has 36 heavy (non-hydrogen) atoms. The highest BCUT2D eigenvalue weighted by Crippen LogP contribution is 2.25. The van der Waals surface area contributed by atoms with E-state index in [1.54, 1.807) is 54.0 Å². The fraction of sp³-hybridized carbons (Fsp3) is 0.250. The molecule has 1 atom stereocenters. The van der Waals surface area contributed by atoms with Crippen molar-refractivity contribution < 1.29 is 14.3 Å². The van der Waals surface area contributed by atoms with Crippen LogP contribution in [0.3, 0.4) is 0 Å². The van der Waals surface area contributed by atoms with Gasteiger partial charge < -0.3 is 19.7 Å². The van der Waals surface area contributed by atoms with E-state index in [-0.39, 0.29) is 11.6 Å². The number of amides is 2. The molecular formula is C28H30N4O4. The summed E-state index contributed by atoms with van der Waals surface area (Å²) in [6.45, 7) is 4.47. The third kappa shape index (κ3) is 5.23. The number of benzene rings is 3. The SMILES string of the molecule is COCCN(C(=O)Nc1cccc(OC)c1)C(C)c1nc2ccccc2c(=O)n1-c1ccc(C)cc1. The third-order valence-corrected chi connectivity index (χ3v) is 6.05. The van der Waals surface area contributed by atoms with Gasteiger partial charge >= 0.3 is 6.03 Å². The van der Waals surface area contributed by atoms with Gasteiger partial charge in [-0.1, -0.05) is 35.9 Å². The van der Waals surface area contributed by atoms with Crippen molar-refractivity contribution in [2.24, 2.45) is 0 Å². The Labute approximate surface area is 210 Å². The molecule has 186 valence electrons. The molecule has 1 N–H and O–H groups in total. The number of para-hydroxylation sites is 1. The lowest BCUT2D eigenvalue weighted by molar-refractivity contribution is 0.137. The second-order valence-electron chi connectivity index (χ2n) is 8.49. The van der Waals surface area contributed by atoms with Crippen molar-refractivity contribution in [3.63, 3.8) is 0 Å². The Hall–Kier alpha value is -4.17. The summed E-state index contributed by atoms with van der Waals surface area (Å²) in [6.07, 6.45) is 0. The number of nitrogens with one attached hydrogen (secondary N) is 1. The van der Waals surface area contributed by atoms with Crippen LogP contribution in [0.2, 0.25) is 0 Å². The van der Waals surface area contributed by atoms with E-state index >= 15 is 0 Å². The van der Waals surface area contributed by atoms with E-state index in [9.17, 15) is 9.59 Å². The molecule has 4 aromatic rings. The van der Waals surface area contributed by atoms with Crippen LogP contribution in [-0.2, 0) is 4.74 Å². The smallest absolute Gasteiger partial charge is 0.322 e. The number of nitrogens with zero attached hydrogens (tertiary/aromatic N) is 3. The molecule has 8 nitrogen and oxygen atoms in total. The van der Waals surface area contributed by atoms with Gasteiger partial charge in [-0.2, -0.15) is 0 Å². The zero-order chi connectivity index (χ0) is 25.7. The Morgan fingerprint density at radius 3 is 2.53 bits per heavy atom. The maximum absolute atomic E-state index is 13.7. The molecule has 0 saturated heterocycles. The van der Waals surface area contributed by atoms with Gasteiger partial charge in [0.05, 0.1) is 36.3 Å². The Morgan fingerprint density at radius 1 is 1.06 bits per heavy atom. The number of hydrogen-bond donors (Lipinski definition) is 1. The van der Waals surface area contributed by atoms with Crippen LogP contribution < -0.4 is 15.6 Å². The summed E-state index contributed by atoms with van der Waals surface area (Å²) in [4.78, 5) is 33.6. The van der Waals surface area contributed by atoms with Crippen LogP contribution in [0.15, 0.2) is 77.6 Å². The predicted molar refractivity (Wildman–Crippen MR) is 141 cm³/mol. The lowest BCUT2D eigenvalue weighted by atomic mass is 10.1. The van der Waals surface area contributed by atoms with Crippen LogP contribution in [-0.4, -0.2) is 47.9 Å². The van der Waals surface area contributed by atoms with E-state index in [1.165, 1.54) is 0 Å². The van der Waals surface area contributed by atoms with Crippen LogP contribution >= 0.6 is 0 Å². The van der Waals surface area contributed by atoms with Crippen LogP contribution in [0.5, 0.6) is 5.75 Å². The number of carbonyl (C=O) groups is 1. The molecule has 0 aliphatic rings. The van der Waals surface area contributed by atoms with Crippen LogP contribution in [0.25, 0.3) is 16.6 Å². The van der Waals surface area contributed by atoms with Crippen molar-refractivity contribution in [3.05, 3.63) is 94.5 Å². The summed E-state index contributed by atoms with van der Waals surface area (Å²) < 4.78 is 12.1. The minimum absolute atomic E-state index is 0.189. The van der Waals surface area contributed by atoms with E-state index in [1.807, 2.05) is 56.3 Å². The zero-order valence-corrected chi connectivity index (χ0v) is 20.9. The minimum atomic E-state index is -0.552. The van der Waals surface area contributed by atoms with Crippen molar-refractivity contribution in [3.8, 4) is 11.4 Å². The molecule has 1 unspecified atom stereocenters. The quantitative estimate of drug-likeness (QED) is 0.381. The number of aromatic nitrogens is 2. The number of hydrogen-bond acceptors (Lipinski definition) is 5. The van der Waals surface area contributed by atoms with Crippen molar-refractivity contribution in [2.45, 2.75) is 19.9 Å². The van der Waals surface area contributed by atoms with Gasteiger partial charge in [-0.25, -0.2) is 9.78 Å². The molecule has 4 rings (SSSR count). The lowest BCUT2D eigenvalue weighted by Crippen LogP contribution is -2.41. The Balaban J connectivity index is 1.80. The van der Waals surface area contributed by atoms with E-state index in [0.29, 0.717) is 47.0 Å². The first-order valence-corrected chi connectivity index (χ1v) is 11.7. The van der Waals surface area contributed by atoms with Gasteiger partial charge in [-0.3, -0.25) is 9.36 Å². The number of anilines is 1. The minimum Gasteiger partial charge on any atom is -0.497 e. The number of rotatable bonds is 8. The molecule has 8 heteroatoms. The fourth-order valence-corrected chi connectivity index (χ4v) is 4.07. The Morgan fingerprint density at radius 2 is 1.81 bits per heavy atom. The molecule has 1 heterocycles. The zero-order valence-electron chi connectivity index (χ0n) is 20.9. The van der Waals surface area contributed by atoms with Gasteiger partial charge in [-0.05, 0) is 50.2 Å². The maximum Gasteiger partial charge on any atom is 0.322 e. The van der Waals surface area contributed by atoms with Gasteiger partial charge in [-0.15, -0.1) is 0 Å². The van der Waals surface area contributed by atoms with E-state index in [2.05, 4.69) is 5.32 Å². The first kappa shape index (κ1) is 24.9.